The van der Waals surface area contributed by atoms with E-state index in [0.29, 0.717) is 5.25 Å². The number of urea groups is 1. The topological polar surface area (TPSA) is 122 Å². The first-order valence-corrected chi connectivity index (χ1v) is 7.83. The number of amides is 3. The minimum atomic E-state index is -1.17. The number of hydrogen-bond donors (Lipinski definition) is 4. The van der Waals surface area contributed by atoms with Crippen molar-refractivity contribution in [3.8, 4) is 0 Å². The summed E-state index contributed by atoms with van der Waals surface area (Å²) in [6.07, 6.45) is 4.92. The van der Waals surface area contributed by atoms with E-state index in [4.69, 9.17) is 10.8 Å². The van der Waals surface area contributed by atoms with Crippen molar-refractivity contribution in [3.05, 3.63) is 0 Å². The van der Waals surface area contributed by atoms with Gasteiger partial charge in [0.05, 0.1) is 0 Å². The van der Waals surface area contributed by atoms with Crippen molar-refractivity contribution in [3.63, 3.8) is 0 Å². The normalized spacial score (nSPS) is 23.1. The summed E-state index contributed by atoms with van der Waals surface area (Å²) in [5.41, 5.74) is 4.98. The number of rotatable bonds is 7. The Hall–Kier alpha value is -1.44. The Morgan fingerprint density at radius 3 is 2.65 bits per heavy atom. The van der Waals surface area contributed by atoms with Crippen LogP contribution in [0.15, 0.2) is 0 Å². The van der Waals surface area contributed by atoms with Crippen LogP contribution in [-0.2, 0) is 9.59 Å². The van der Waals surface area contributed by atoms with E-state index in [1.54, 1.807) is 11.8 Å². The van der Waals surface area contributed by atoms with Gasteiger partial charge < -0.3 is 21.5 Å². The molecular weight excluding hydrogens is 282 g/mol. The van der Waals surface area contributed by atoms with Gasteiger partial charge in [0.1, 0.15) is 6.04 Å². The summed E-state index contributed by atoms with van der Waals surface area (Å²) in [5.74, 6) is -1.76. The molecule has 3 atom stereocenters. The molecule has 0 aromatic rings. The molecule has 0 bridgehead atoms. The summed E-state index contributed by atoms with van der Waals surface area (Å²) in [7, 11) is 0. The van der Waals surface area contributed by atoms with Gasteiger partial charge in [0.2, 0.25) is 5.91 Å². The van der Waals surface area contributed by atoms with Gasteiger partial charge in [-0.15, -0.1) is 0 Å². The summed E-state index contributed by atoms with van der Waals surface area (Å²) in [6, 6.07) is -1.54. The fourth-order valence-corrected chi connectivity index (χ4v) is 3.22. The van der Waals surface area contributed by atoms with Crippen LogP contribution in [-0.4, -0.2) is 46.6 Å². The molecule has 0 spiro atoms. The van der Waals surface area contributed by atoms with Crippen LogP contribution in [0.1, 0.15) is 32.1 Å². The first-order chi connectivity index (χ1) is 9.43. The number of aliphatic carboxylic acids is 1. The van der Waals surface area contributed by atoms with Gasteiger partial charge >= 0.3 is 12.0 Å². The molecule has 0 heterocycles. The Morgan fingerprint density at radius 2 is 2.10 bits per heavy atom. The molecular formula is C12H21N3O4S. The summed E-state index contributed by atoms with van der Waals surface area (Å²) in [4.78, 5) is 33.5. The number of thioether (sulfide) groups is 1. The lowest BCUT2D eigenvalue weighted by Crippen LogP contribution is -2.50. The zero-order valence-electron chi connectivity index (χ0n) is 11.4. The average Bonchev–Trinajstić information content (AvgIpc) is 2.80. The zero-order valence-corrected chi connectivity index (χ0v) is 12.2. The highest BCUT2D eigenvalue weighted by Gasteiger charge is 2.29. The maximum atomic E-state index is 11.8. The Kier molecular flexibility index (Phi) is 6.63. The van der Waals surface area contributed by atoms with Crippen molar-refractivity contribution < 1.29 is 19.5 Å². The van der Waals surface area contributed by atoms with Gasteiger partial charge in [-0.25, -0.2) is 9.59 Å². The number of carbonyl (C=O) groups excluding carboxylic acids is 2. The monoisotopic (exact) mass is 303 g/mol. The maximum Gasteiger partial charge on any atom is 0.326 e. The Morgan fingerprint density at radius 1 is 1.40 bits per heavy atom. The molecule has 7 nitrogen and oxygen atoms in total. The third-order valence-corrected chi connectivity index (χ3v) is 4.52. The molecule has 0 aromatic heterocycles. The zero-order chi connectivity index (χ0) is 15.1. The van der Waals surface area contributed by atoms with Crippen LogP contribution in [0.3, 0.4) is 0 Å². The minimum absolute atomic E-state index is 0.00525. The van der Waals surface area contributed by atoms with Crippen LogP contribution >= 0.6 is 11.8 Å². The largest absolute Gasteiger partial charge is 0.480 e. The maximum absolute atomic E-state index is 11.8. The van der Waals surface area contributed by atoms with Crippen molar-refractivity contribution in [2.75, 3.05) is 6.26 Å². The van der Waals surface area contributed by atoms with Gasteiger partial charge in [-0.3, -0.25) is 4.79 Å². The van der Waals surface area contributed by atoms with Gasteiger partial charge in [0.25, 0.3) is 0 Å². The van der Waals surface area contributed by atoms with Crippen molar-refractivity contribution in [1.82, 2.24) is 10.6 Å². The van der Waals surface area contributed by atoms with Gasteiger partial charge in [-0.05, 0) is 25.5 Å². The summed E-state index contributed by atoms with van der Waals surface area (Å²) in [6.45, 7) is 0. The highest BCUT2D eigenvalue weighted by Crippen LogP contribution is 2.28. The first kappa shape index (κ1) is 16.6. The molecule has 1 fully saturated rings. The van der Waals surface area contributed by atoms with Gasteiger partial charge in [-0.2, -0.15) is 11.8 Å². The highest BCUT2D eigenvalue weighted by atomic mass is 32.2. The third kappa shape index (κ3) is 5.28. The van der Waals surface area contributed by atoms with Crippen LogP contribution in [0.4, 0.5) is 4.79 Å². The van der Waals surface area contributed by atoms with Crippen molar-refractivity contribution in [2.45, 2.75) is 49.4 Å². The van der Waals surface area contributed by atoms with E-state index in [-0.39, 0.29) is 18.9 Å². The highest BCUT2D eigenvalue weighted by molar-refractivity contribution is 7.99. The van der Waals surface area contributed by atoms with E-state index >= 15 is 0 Å². The minimum Gasteiger partial charge on any atom is -0.480 e. The van der Waals surface area contributed by atoms with E-state index in [1.165, 1.54) is 0 Å². The van der Waals surface area contributed by atoms with Gasteiger partial charge in [0, 0.05) is 17.7 Å². The molecule has 2 unspecified atom stereocenters. The fourth-order valence-electron chi connectivity index (χ4n) is 2.29. The number of carboxylic acids is 1. The molecule has 0 saturated heterocycles. The average molecular weight is 303 g/mol. The number of carboxylic acid groups (broad SMARTS) is 1. The molecule has 20 heavy (non-hydrogen) atoms. The molecule has 1 saturated carbocycles. The molecule has 1 aliphatic carbocycles. The number of nitrogens with one attached hydrogen (secondary N) is 2. The SMILES string of the molecule is CSC1CCCC1NC(=O)N[C@H](CCC(N)=O)C(=O)O. The van der Waals surface area contributed by atoms with E-state index in [0.717, 1.165) is 19.3 Å². The predicted molar refractivity (Wildman–Crippen MR) is 76.5 cm³/mol. The van der Waals surface area contributed by atoms with E-state index in [9.17, 15) is 14.4 Å². The van der Waals surface area contributed by atoms with Crippen molar-refractivity contribution in [1.29, 1.82) is 0 Å². The molecule has 1 rings (SSSR count). The van der Waals surface area contributed by atoms with Crippen LogP contribution < -0.4 is 16.4 Å². The second-order valence-corrected chi connectivity index (χ2v) is 5.90. The molecule has 5 N–H and O–H groups in total. The lowest BCUT2D eigenvalue weighted by atomic mass is 10.1. The van der Waals surface area contributed by atoms with Crippen molar-refractivity contribution >= 4 is 29.7 Å². The molecule has 0 aliphatic heterocycles. The number of carbonyl (C=O) groups is 3. The Balaban J connectivity index is 2.45. The lowest BCUT2D eigenvalue weighted by molar-refractivity contribution is -0.139. The standard InChI is InChI=1S/C12H21N3O4S/c1-20-9-4-2-3-7(9)14-12(19)15-8(11(17)18)5-6-10(13)16/h7-9H,2-6H2,1H3,(H2,13,16)(H,17,18)(H2,14,15,19)/t7?,8-,9?/m1/s1. The fraction of sp³-hybridized carbons (Fsp3) is 0.750. The van der Waals surface area contributed by atoms with Gasteiger partial charge in [0.15, 0.2) is 0 Å². The van der Waals surface area contributed by atoms with Crippen LogP contribution in [0, 0.1) is 0 Å². The quantitative estimate of drug-likeness (QED) is 0.538. The molecule has 3 amide bonds. The number of primary amides is 1. The second-order valence-electron chi connectivity index (χ2n) is 4.83. The summed E-state index contributed by atoms with van der Waals surface area (Å²) < 4.78 is 0. The summed E-state index contributed by atoms with van der Waals surface area (Å²) in [5, 5.41) is 14.5. The molecule has 0 radical (unpaired) electrons. The van der Waals surface area contributed by atoms with Crippen molar-refractivity contribution in [2.24, 2.45) is 5.73 Å². The Bertz CT molecular complexity index is 378. The number of nitrogens with two attached hydrogens (primary N) is 1. The van der Waals surface area contributed by atoms with E-state index in [2.05, 4.69) is 10.6 Å². The van der Waals surface area contributed by atoms with Crippen LogP contribution in [0.2, 0.25) is 0 Å². The summed E-state index contributed by atoms with van der Waals surface area (Å²) >= 11 is 1.70. The van der Waals surface area contributed by atoms with E-state index < -0.39 is 23.9 Å². The Labute approximate surface area is 122 Å². The molecule has 1 aliphatic rings. The van der Waals surface area contributed by atoms with Gasteiger partial charge in [-0.1, -0.05) is 6.42 Å². The third-order valence-electron chi connectivity index (χ3n) is 3.35. The molecule has 0 aromatic carbocycles. The second kappa shape index (κ2) is 7.98. The first-order valence-electron chi connectivity index (χ1n) is 6.55. The predicted octanol–water partition coefficient (Wildman–Crippen LogP) is 0.288. The van der Waals surface area contributed by atoms with E-state index in [1.807, 2.05) is 6.26 Å². The lowest BCUT2D eigenvalue weighted by Gasteiger charge is -2.21. The van der Waals surface area contributed by atoms with Crippen LogP contribution in [0.5, 0.6) is 0 Å². The number of hydrogen-bond acceptors (Lipinski definition) is 4. The van der Waals surface area contributed by atoms with Crippen LogP contribution in [0.25, 0.3) is 0 Å². The molecule has 114 valence electrons. The molecule has 8 heteroatoms. The smallest absolute Gasteiger partial charge is 0.326 e.